The first-order chi connectivity index (χ1) is 8.04. The van der Waals surface area contributed by atoms with Crippen molar-refractivity contribution in [3.8, 4) is 0 Å². The van der Waals surface area contributed by atoms with Gasteiger partial charge in [0.1, 0.15) is 0 Å². The summed E-state index contributed by atoms with van der Waals surface area (Å²) in [7, 11) is 1.88. The predicted molar refractivity (Wildman–Crippen MR) is 66.2 cm³/mol. The molecule has 0 saturated carbocycles. The lowest BCUT2D eigenvalue weighted by Crippen LogP contribution is -2.36. The molecule has 0 aromatic carbocycles. The molecule has 0 saturated heterocycles. The van der Waals surface area contributed by atoms with Crippen LogP contribution in [0.3, 0.4) is 0 Å². The van der Waals surface area contributed by atoms with E-state index in [0.717, 1.165) is 10.6 Å². The molecule has 1 heterocycles. The third kappa shape index (κ3) is 4.41. The second-order valence-electron chi connectivity index (χ2n) is 3.84. The summed E-state index contributed by atoms with van der Waals surface area (Å²) in [6.07, 6.45) is -0.766. The molecule has 0 aliphatic heterocycles. The highest BCUT2D eigenvalue weighted by Crippen LogP contribution is 2.14. The van der Waals surface area contributed by atoms with E-state index >= 15 is 0 Å². The van der Waals surface area contributed by atoms with Crippen LogP contribution in [-0.4, -0.2) is 47.3 Å². The molecule has 0 aliphatic carbocycles. The van der Waals surface area contributed by atoms with Gasteiger partial charge in [0.15, 0.2) is 6.10 Å². The Labute approximate surface area is 105 Å². The van der Waals surface area contributed by atoms with Crippen molar-refractivity contribution in [2.75, 3.05) is 20.2 Å². The quantitative estimate of drug-likeness (QED) is 0.800. The van der Waals surface area contributed by atoms with Crippen molar-refractivity contribution >= 4 is 17.3 Å². The van der Waals surface area contributed by atoms with Gasteiger partial charge in [-0.3, -0.25) is 4.90 Å². The van der Waals surface area contributed by atoms with Gasteiger partial charge in [0.05, 0.1) is 11.2 Å². The van der Waals surface area contributed by atoms with Crippen molar-refractivity contribution in [2.24, 2.45) is 0 Å². The Kier molecular flexibility index (Phi) is 5.54. The van der Waals surface area contributed by atoms with Crippen LogP contribution in [0.1, 0.15) is 17.5 Å². The van der Waals surface area contributed by atoms with Crippen LogP contribution in [0.25, 0.3) is 0 Å². The number of hydrogen-bond acceptors (Lipinski definition) is 5. The normalized spacial score (nSPS) is 12.9. The molecule has 1 aromatic heterocycles. The molecule has 0 fully saturated rings. The Morgan fingerprint density at radius 3 is 2.88 bits per heavy atom. The Hall–Kier alpha value is -0.980. The van der Waals surface area contributed by atoms with E-state index in [9.17, 15) is 4.79 Å². The summed E-state index contributed by atoms with van der Waals surface area (Å²) >= 11 is 1.59. The van der Waals surface area contributed by atoms with Crippen LogP contribution in [0.4, 0.5) is 0 Å². The zero-order valence-corrected chi connectivity index (χ0v) is 11.2. The number of aromatic nitrogens is 1. The molecule has 0 spiro atoms. The minimum absolute atomic E-state index is 0.376. The van der Waals surface area contributed by atoms with Crippen LogP contribution in [-0.2, 0) is 16.1 Å². The Morgan fingerprint density at radius 2 is 2.41 bits per heavy atom. The van der Waals surface area contributed by atoms with Crippen LogP contribution in [0, 0.1) is 6.92 Å². The molecule has 1 unspecified atom stereocenters. The van der Waals surface area contributed by atoms with Crippen LogP contribution >= 0.6 is 11.3 Å². The number of likely N-dealkylation sites (N-methyl/N-ethyl adjacent to an activating group) is 1. The van der Waals surface area contributed by atoms with Gasteiger partial charge in [0.2, 0.25) is 0 Å². The third-order valence-electron chi connectivity index (χ3n) is 2.38. The molecular formula is C11H18N2O3S. The fourth-order valence-electron chi connectivity index (χ4n) is 1.47. The van der Waals surface area contributed by atoms with Crippen LogP contribution in [0.15, 0.2) is 5.51 Å². The lowest BCUT2D eigenvalue weighted by molar-refractivity contribution is -0.151. The van der Waals surface area contributed by atoms with Crippen molar-refractivity contribution in [3.05, 3.63) is 16.1 Å². The molecule has 5 nitrogen and oxygen atoms in total. The van der Waals surface area contributed by atoms with Crippen molar-refractivity contribution in [1.29, 1.82) is 0 Å². The first-order valence-electron chi connectivity index (χ1n) is 5.46. The maximum absolute atomic E-state index is 10.9. The highest BCUT2D eigenvalue weighted by atomic mass is 32.1. The summed E-state index contributed by atoms with van der Waals surface area (Å²) in [4.78, 5) is 18.2. The first kappa shape index (κ1) is 14.1. The third-order valence-corrected chi connectivity index (χ3v) is 3.30. The number of aliphatic carboxylic acids is 1. The van der Waals surface area contributed by atoms with Crippen molar-refractivity contribution < 1.29 is 14.6 Å². The number of rotatable bonds is 7. The molecule has 1 atom stereocenters. The van der Waals surface area contributed by atoms with Crippen LogP contribution in [0.5, 0.6) is 0 Å². The summed E-state index contributed by atoms with van der Waals surface area (Å²) in [5, 5.41) is 8.97. The average Bonchev–Trinajstić information content (AvgIpc) is 2.63. The molecule has 96 valence electrons. The summed E-state index contributed by atoms with van der Waals surface area (Å²) in [6, 6.07) is 0. The van der Waals surface area contributed by atoms with E-state index in [1.54, 1.807) is 23.8 Å². The van der Waals surface area contributed by atoms with Gasteiger partial charge >= 0.3 is 5.97 Å². The molecule has 6 heteroatoms. The fourth-order valence-corrected chi connectivity index (χ4v) is 2.33. The topological polar surface area (TPSA) is 62.7 Å². The van der Waals surface area contributed by atoms with Gasteiger partial charge in [-0.1, -0.05) is 0 Å². The number of ether oxygens (including phenoxy) is 1. The molecular weight excluding hydrogens is 240 g/mol. The summed E-state index contributed by atoms with van der Waals surface area (Å²) < 4.78 is 5.17. The number of carboxylic acids is 1. The molecule has 0 aliphatic rings. The standard InChI is InChI=1S/C11H18N2O3S/c1-4-16-9(11(14)15)5-13(3)6-10-8(2)12-7-17-10/h7,9H,4-6H2,1-3H3,(H,14,15). The molecule has 1 aromatic rings. The monoisotopic (exact) mass is 258 g/mol. The number of hydrogen-bond donors (Lipinski definition) is 1. The predicted octanol–water partition coefficient (Wildman–Crippen LogP) is 1.37. The summed E-state index contributed by atoms with van der Waals surface area (Å²) in [6.45, 7) is 5.23. The van der Waals surface area contributed by atoms with Gasteiger partial charge in [0.25, 0.3) is 0 Å². The van der Waals surface area contributed by atoms with Crippen molar-refractivity contribution in [3.63, 3.8) is 0 Å². The zero-order valence-electron chi connectivity index (χ0n) is 10.3. The number of nitrogens with zero attached hydrogens (tertiary/aromatic N) is 2. The van der Waals surface area contributed by atoms with Gasteiger partial charge in [-0.15, -0.1) is 11.3 Å². The minimum atomic E-state index is -0.917. The van der Waals surface area contributed by atoms with Gasteiger partial charge in [-0.2, -0.15) is 0 Å². The number of aryl methyl sites for hydroxylation is 1. The van der Waals surface area contributed by atoms with E-state index in [1.807, 2.05) is 18.9 Å². The second kappa shape index (κ2) is 6.68. The molecule has 0 radical (unpaired) electrons. The number of thiazole rings is 1. The van der Waals surface area contributed by atoms with E-state index in [1.165, 1.54) is 0 Å². The smallest absolute Gasteiger partial charge is 0.334 e. The Balaban J connectivity index is 2.50. The zero-order chi connectivity index (χ0) is 12.8. The van der Waals surface area contributed by atoms with Gasteiger partial charge in [-0.05, 0) is 20.9 Å². The fraction of sp³-hybridized carbons (Fsp3) is 0.636. The number of carbonyl (C=O) groups is 1. The average molecular weight is 258 g/mol. The van der Waals surface area contributed by atoms with E-state index in [4.69, 9.17) is 9.84 Å². The minimum Gasteiger partial charge on any atom is -0.479 e. The van der Waals surface area contributed by atoms with E-state index in [-0.39, 0.29) is 0 Å². The van der Waals surface area contributed by atoms with Crippen molar-refractivity contribution in [1.82, 2.24) is 9.88 Å². The molecule has 1 rings (SSSR count). The lowest BCUT2D eigenvalue weighted by Gasteiger charge is -2.20. The van der Waals surface area contributed by atoms with Crippen LogP contribution < -0.4 is 0 Å². The van der Waals surface area contributed by atoms with Crippen molar-refractivity contribution in [2.45, 2.75) is 26.5 Å². The highest BCUT2D eigenvalue weighted by molar-refractivity contribution is 7.09. The SMILES string of the molecule is CCOC(CN(C)Cc1scnc1C)C(=O)O. The summed E-state index contributed by atoms with van der Waals surface area (Å²) in [5.41, 5.74) is 2.81. The number of carboxylic acid groups (broad SMARTS) is 1. The maximum Gasteiger partial charge on any atom is 0.334 e. The van der Waals surface area contributed by atoms with Gasteiger partial charge < -0.3 is 9.84 Å². The van der Waals surface area contributed by atoms with Gasteiger partial charge in [0, 0.05) is 24.6 Å². The van der Waals surface area contributed by atoms with E-state index < -0.39 is 12.1 Å². The summed E-state index contributed by atoms with van der Waals surface area (Å²) in [5.74, 6) is -0.917. The Morgan fingerprint density at radius 1 is 1.71 bits per heavy atom. The molecule has 17 heavy (non-hydrogen) atoms. The van der Waals surface area contributed by atoms with E-state index in [0.29, 0.717) is 19.7 Å². The van der Waals surface area contributed by atoms with Crippen LogP contribution in [0.2, 0.25) is 0 Å². The molecule has 0 bridgehead atoms. The van der Waals surface area contributed by atoms with E-state index in [2.05, 4.69) is 4.98 Å². The van der Waals surface area contributed by atoms with Gasteiger partial charge in [-0.25, -0.2) is 9.78 Å². The molecule has 0 amide bonds. The second-order valence-corrected chi connectivity index (χ2v) is 4.78. The largest absolute Gasteiger partial charge is 0.479 e. The first-order valence-corrected chi connectivity index (χ1v) is 6.34. The molecule has 1 N–H and O–H groups in total. The lowest BCUT2D eigenvalue weighted by atomic mass is 10.3. The Bertz CT molecular complexity index is 367. The maximum atomic E-state index is 10.9. The highest BCUT2D eigenvalue weighted by Gasteiger charge is 2.20.